The molecule has 0 saturated carbocycles. The highest BCUT2D eigenvalue weighted by Crippen LogP contribution is 2.44. The zero-order chi connectivity index (χ0) is 24.4. The van der Waals surface area contributed by atoms with E-state index >= 15 is 0 Å². The highest BCUT2D eigenvalue weighted by molar-refractivity contribution is 9.10. The summed E-state index contributed by atoms with van der Waals surface area (Å²) < 4.78 is 23.9. The second-order valence-corrected chi connectivity index (χ2v) is 10.1. The molecule has 35 heavy (non-hydrogen) atoms. The van der Waals surface area contributed by atoms with Crippen molar-refractivity contribution in [3.05, 3.63) is 103 Å². The fourth-order valence-corrected chi connectivity index (χ4v) is 5.94. The van der Waals surface area contributed by atoms with Gasteiger partial charge in [0.05, 0.1) is 23.5 Å². The molecule has 1 aliphatic rings. The van der Waals surface area contributed by atoms with E-state index in [0.29, 0.717) is 22.6 Å². The molecule has 1 aliphatic heterocycles. The minimum Gasteiger partial charge on any atom is -0.497 e. The quantitative estimate of drug-likeness (QED) is 0.220. The van der Waals surface area contributed by atoms with E-state index in [1.54, 1.807) is 7.11 Å². The number of rotatable bonds is 3. The summed E-state index contributed by atoms with van der Waals surface area (Å²) in [6.07, 6.45) is 0.458. The van der Waals surface area contributed by atoms with E-state index in [9.17, 15) is 9.50 Å². The van der Waals surface area contributed by atoms with Crippen molar-refractivity contribution >= 4 is 50.7 Å². The average Bonchev–Trinajstić information content (AvgIpc) is 3.32. The van der Waals surface area contributed by atoms with Gasteiger partial charge in [0.15, 0.2) is 4.77 Å². The Morgan fingerprint density at radius 2 is 1.91 bits per heavy atom. The number of aromatic nitrogens is 3. The summed E-state index contributed by atoms with van der Waals surface area (Å²) in [4.78, 5) is 3.59. The molecule has 0 amide bonds. The van der Waals surface area contributed by atoms with Gasteiger partial charge < -0.3 is 19.4 Å². The van der Waals surface area contributed by atoms with Gasteiger partial charge in [0.2, 0.25) is 5.88 Å². The van der Waals surface area contributed by atoms with Gasteiger partial charge in [0, 0.05) is 27.5 Å². The Kier molecular flexibility index (Phi) is 5.28. The van der Waals surface area contributed by atoms with E-state index in [0.717, 1.165) is 37.9 Å². The molecule has 5 aromatic rings. The molecular formula is C26H18BrClFN3O2S. The molecule has 0 aliphatic carbocycles. The lowest BCUT2D eigenvalue weighted by Crippen LogP contribution is -2.21. The van der Waals surface area contributed by atoms with Crippen LogP contribution in [0.3, 0.4) is 0 Å². The lowest BCUT2D eigenvalue weighted by Gasteiger charge is -2.26. The Labute approximate surface area is 218 Å². The van der Waals surface area contributed by atoms with E-state index in [4.69, 9.17) is 28.6 Å². The third kappa shape index (κ3) is 3.43. The number of ether oxygens (including phenoxy) is 1. The van der Waals surface area contributed by atoms with Crippen molar-refractivity contribution in [2.24, 2.45) is 0 Å². The maximum atomic E-state index is 13.7. The van der Waals surface area contributed by atoms with Crippen molar-refractivity contribution in [1.29, 1.82) is 0 Å². The van der Waals surface area contributed by atoms with Crippen LogP contribution in [0.25, 0.3) is 16.6 Å². The molecule has 1 unspecified atom stereocenters. The Bertz CT molecular complexity index is 1690. The zero-order valence-electron chi connectivity index (χ0n) is 18.3. The first-order chi connectivity index (χ1) is 16.9. The SMILES string of the molecule is COc1ccc(C2c3[nH]c4ccc(Br)cc4c3Cc3c(O)n(-c4ccc(F)cc4Cl)c(=S)n32)cc1. The molecule has 2 aromatic heterocycles. The second kappa shape index (κ2) is 8.26. The largest absolute Gasteiger partial charge is 0.497 e. The van der Waals surface area contributed by atoms with Crippen molar-refractivity contribution in [1.82, 2.24) is 14.1 Å². The maximum Gasteiger partial charge on any atom is 0.218 e. The molecule has 0 radical (unpaired) electrons. The van der Waals surface area contributed by atoms with E-state index in [1.165, 1.54) is 22.8 Å². The zero-order valence-corrected chi connectivity index (χ0v) is 21.5. The number of aromatic hydroxyl groups is 1. The lowest BCUT2D eigenvalue weighted by atomic mass is 9.93. The molecule has 3 aromatic carbocycles. The Hall–Kier alpha value is -3.07. The average molecular weight is 571 g/mol. The van der Waals surface area contributed by atoms with Gasteiger partial charge in [0.25, 0.3) is 0 Å². The maximum absolute atomic E-state index is 13.7. The molecule has 0 spiro atoms. The molecule has 2 N–H and O–H groups in total. The number of nitrogens with zero attached hydrogens (tertiary/aromatic N) is 2. The monoisotopic (exact) mass is 569 g/mol. The number of fused-ring (bicyclic) bond motifs is 4. The summed E-state index contributed by atoms with van der Waals surface area (Å²) in [5, 5.41) is 12.6. The smallest absolute Gasteiger partial charge is 0.218 e. The number of benzene rings is 3. The van der Waals surface area contributed by atoms with Crippen LogP contribution in [-0.2, 0) is 6.42 Å². The van der Waals surface area contributed by atoms with Crippen molar-refractivity contribution < 1.29 is 14.2 Å². The number of aromatic amines is 1. The van der Waals surface area contributed by atoms with Crippen LogP contribution in [0, 0.1) is 10.6 Å². The summed E-state index contributed by atoms with van der Waals surface area (Å²) >= 11 is 15.8. The van der Waals surface area contributed by atoms with Crippen molar-refractivity contribution in [3.63, 3.8) is 0 Å². The molecule has 0 saturated heterocycles. The minimum absolute atomic E-state index is 0.0167. The number of hydrogen-bond acceptors (Lipinski definition) is 3. The summed E-state index contributed by atoms with van der Waals surface area (Å²) in [6.45, 7) is 0. The molecule has 9 heteroatoms. The van der Waals surface area contributed by atoms with Gasteiger partial charge in [-0.2, -0.15) is 0 Å². The van der Waals surface area contributed by atoms with Crippen LogP contribution < -0.4 is 4.74 Å². The van der Waals surface area contributed by atoms with Gasteiger partial charge in [0.1, 0.15) is 17.6 Å². The number of halogens is 3. The van der Waals surface area contributed by atoms with Gasteiger partial charge in [-0.05, 0) is 71.9 Å². The van der Waals surface area contributed by atoms with Crippen LogP contribution in [-0.4, -0.2) is 26.3 Å². The van der Waals surface area contributed by atoms with Crippen LogP contribution in [0.2, 0.25) is 5.02 Å². The van der Waals surface area contributed by atoms with E-state index in [1.807, 2.05) is 41.0 Å². The predicted molar refractivity (Wildman–Crippen MR) is 140 cm³/mol. The highest BCUT2D eigenvalue weighted by Gasteiger charge is 2.35. The van der Waals surface area contributed by atoms with Crippen LogP contribution >= 0.6 is 39.7 Å². The predicted octanol–water partition coefficient (Wildman–Crippen LogP) is 7.30. The highest BCUT2D eigenvalue weighted by atomic mass is 79.9. The Morgan fingerprint density at radius 1 is 1.14 bits per heavy atom. The van der Waals surface area contributed by atoms with Crippen LogP contribution in [0.4, 0.5) is 4.39 Å². The van der Waals surface area contributed by atoms with E-state index in [-0.39, 0.29) is 16.9 Å². The minimum atomic E-state index is -0.461. The van der Waals surface area contributed by atoms with E-state index in [2.05, 4.69) is 27.0 Å². The van der Waals surface area contributed by atoms with Crippen molar-refractivity contribution in [3.8, 4) is 17.3 Å². The van der Waals surface area contributed by atoms with Crippen LogP contribution in [0.1, 0.15) is 28.6 Å². The first-order valence-corrected chi connectivity index (χ1v) is 12.4. The summed E-state index contributed by atoms with van der Waals surface area (Å²) in [7, 11) is 1.63. The third-order valence-electron chi connectivity index (χ3n) is 6.52. The van der Waals surface area contributed by atoms with Gasteiger partial charge in [-0.3, -0.25) is 4.57 Å². The standard InChI is InChI=1S/C26H18BrClFN3O2S/c1-34-16-6-2-13(3-7-16)24-23-18(17-10-14(27)4-8-20(17)30-23)12-22-25(33)32(26(35)31(22)24)21-9-5-15(29)11-19(21)28/h2-11,24,30,33H,12H2,1H3. The van der Waals surface area contributed by atoms with Gasteiger partial charge in [-0.1, -0.05) is 39.7 Å². The Balaban J connectivity index is 1.65. The molecule has 0 fully saturated rings. The number of imidazole rings is 1. The fourth-order valence-electron chi connectivity index (χ4n) is 4.92. The van der Waals surface area contributed by atoms with Gasteiger partial charge >= 0.3 is 0 Å². The summed E-state index contributed by atoms with van der Waals surface area (Å²) in [5.41, 5.74) is 5.12. The van der Waals surface area contributed by atoms with Gasteiger partial charge in [-0.25, -0.2) is 4.39 Å². The second-order valence-electron chi connectivity index (χ2n) is 8.41. The van der Waals surface area contributed by atoms with Crippen molar-refractivity contribution in [2.75, 3.05) is 7.11 Å². The molecule has 3 heterocycles. The third-order valence-corrected chi connectivity index (χ3v) is 7.69. The summed E-state index contributed by atoms with van der Waals surface area (Å²) in [5.74, 6) is 0.265. The Morgan fingerprint density at radius 3 is 2.63 bits per heavy atom. The van der Waals surface area contributed by atoms with E-state index < -0.39 is 5.82 Å². The van der Waals surface area contributed by atoms with Crippen LogP contribution in [0.5, 0.6) is 11.6 Å². The number of hydrogen-bond donors (Lipinski definition) is 2. The first-order valence-electron chi connectivity index (χ1n) is 10.8. The summed E-state index contributed by atoms with van der Waals surface area (Å²) in [6, 6.07) is 17.6. The number of nitrogens with one attached hydrogen (secondary N) is 1. The lowest BCUT2D eigenvalue weighted by molar-refractivity contribution is 0.414. The molecular weight excluding hydrogens is 553 g/mol. The van der Waals surface area contributed by atoms with Crippen LogP contribution in [0.15, 0.2) is 65.1 Å². The van der Waals surface area contributed by atoms with Gasteiger partial charge in [-0.15, -0.1) is 0 Å². The molecule has 6 rings (SSSR count). The fraction of sp³-hybridized carbons (Fsp3) is 0.115. The molecule has 5 nitrogen and oxygen atoms in total. The number of methoxy groups -OCH3 is 1. The topological polar surface area (TPSA) is 55.1 Å². The van der Waals surface area contributed by atoms with Crippen molar-refractivity contribution in [2.45, 2.75) is 12.5 Å². The molecule has 176 valence electrons. The normalized spacial score (nSPS) is 14.7. The molecule has 0 bridgehead atoms. The number of H-pyrrole nitrogens is 1. The molecule has 1 atom stereocenters. The first kappa shape index (κ1) is 22.4.